The topological polar surface area (TPSA) is 87.2 Å². The molecule has 0 aromatic heterocycles. The number of carboxylic acid groups (broad SMARTS) is 1. The molecule has 1 aliphatic heterocycles. The molecule has 8 nitrogen and oxygen atoms in total. The van der Waals surface area contributed by atoms with Crippen LogP contribution in [0.4, 0.5) is 4.79 Å². The number of nitrogens with zero attached hydrogens (tertiary/aromatic N) is 3. The lowest BCUT2D eigenvalue weighted by Crippen LogP contribution is -2.61. The van der Waals surface area contributed by atoms with E-state index in [1.165, 1.54) is 0 Å². The van der Waals surface area contributed by atoms with Gasteiger partial charge in [-0.3, -0.25) is 4.90 Å². The number of rotatable bonds is 6. The zero-order valence-electron chi connectivity index (χ0n) is 22.1. The number of ether oxygens (including phenoxy) is 1. The van der Waals surface area contributed by atoms with Gasteiger partial charge in [0.1, 0.15) is 22.7 Å². The number of hydrogen-bond acceptors (Lipinski definition) is 6. The third kappa shape index (κ3) is 4.95. The Morgan fingerprint density at radius 1 is 1.08 bits per heavy atom. The van der Waals surface area contributed by atoms with Crippen LogP contribution in [-0.4, -0.2) is 85.7 Å². The van der Waals surface area contributed by atoms with Crippen LogP contribution in [0, 0.1) is 0 Å². The molecule has 0 radical (unpaired) electrons. The van der Waals surface area contributed by atoms with Gasteiger partial charge < -0.3 is 14.7 Å². The van der Waals surface area contributed by atoms with E-state index in [1.807, 2.05) is 13.1 Å². The summed E-state index contributed by atoms with van der Waals surface area (Å²) in [7, 11) is 0.0710. The third-order valence-electron chi connectivity index (χ3n) is 9.02. The molecule has 1 saturated carbocycles. The Bertz CT molecular complexity index is 1300. The summed E-state index contributed by atoms with van der Waals surface area (Å²) >= 11 is 6.52. The van der Waals surface area contributed by atoms with Gasteiger partial charge in [0.05, 0.1) is 12.1 Å². The Labute approximate surface area is 230 Å². The summed E-state index contributed by atoms with van der Waals surface area (Å²) in [5, 5.41) is 9.40. The molecule has 10 heteroatoms. The van der Waals surface area contributed by atoms with Crippen molar-refractivity contribution in [2.24, 2.45) is 0 Å². The van der Waals surface area contributed by atoms with E-state index in [4.69, 9.17) is 16.3 Å². The molecule has 38 heavy (non-hydrogen) atoms. The standard InChI is InChI=1S/C28H36ClN3O5S/c1-30-14-16-31(17-15-30)21-6-5-7-22(18-21)32(2,38(35,36)27-9-4-3-8-25(27)29)26-13-11-20-10-12-23(19-24(20)26)37-28(33)34/h3-4,8-10,12,19,21-22,26H,5-7,11,13-18H2,1-2H3/p+1/t21-,22+,26-,32?/m1/s1. The van der Waals surface area contributed by atoms with E-state index in [2.05, 4.69) is 16.8 Å². The number of benzene rings is 2. The Balaban J connectivity index is 1.58. The number of halogens is 1. The molecule has 0 bridgehead atoms. The number of aryl methyl sites for hydroxylation is 1. The van der Waals surface area contributed by atoms with Crippen LogP contribution in [0.15, 0.2) is 47.4 Å². The predicted octanol–water partition coefficient (Wildman–Crippen LogP) is 4.78. The number of carbonyl (C=O) groups is 1. The van der Waals surface area contributed by atoms with Crippen molar-refractivity contribution in [1.29, 1.82) is 0 Å². The number of fused-ring (bicyclic) bond motifs is 1. The van der Waals surface area contributed by atoms with Crippen molar-refractivity contribution in [1.82, 2.24) is 9.80 Å². The molecule has 4 atom stereocenters. The Hall–Kier alpha value is -2.17. The van der Waals surface area contributed by atoms with Gasteiger partial charge in [-0.1, -0.05) is 29.8 Å². The van der Waals surface area contributed by atoms with Crippen molar-refractivity contribution < 1.29 is 26.9 Å². The molecule has 2 aromatic rings. The van der Waals surface area contributed by atoms with Crippen LogP contribution in [0.3, 0.4) is 0 Å². The Kier molecular flexibility index (Phi) is 7.77. The van der Waals surface area contributed by atoms with Crippen molar-refractivity contribution >= 4 is 27.8 Å². The van der Waals surface area contributed by atoms with Crippen LogP contribution in [0.25, 0.3) is 0 Å². The lowest BCUT2D eigenvalue weighted by Gasteiger charge is -2.49. The van der Waals surface area contributed by atoms with Crippen molar-refractivity contribution in [3.8, 4) is 5.75 Å². The molecular formula is C28H37ClN3O5S+. The van der Waals surface area contributed by atoms with Gasteiger partial charge in [0.25, 0.3) is 0 Å². The lowest BCUT2D eigenvalue weighted by molar-refractivity contribution is -0.847. The first-order valence-corrected chi connectivity index (χ1v) is 15.2. The van der Waals surface area contributed by atoms with E-state index in [-0.39, 0.29) is 31.6 Å². The first-order chi connectivity index (χ1) is 18.1. The number of quaternary nitrogens is 1. The molecule has 1 heterocycles. The smallest absolute Gasteiger partial charge is 0.449 e. The highest BCUT2D eigenvalue weighted by Crippen LogP contribution is 2.49. The second-order valence-corrected chi connectivity index (χ2v) is 13.6. The van der Waals surface area contributed by atoms with E-state index in [0.29, 0.717) is 12.5 Å². The molecule has 206 valence electrons. The van der Waals surface area contributed by atoms with Crippen molar-refractivity contribution in [2.45, 2.75) is 61.5 Å². The molecule has 1 unspecified atom stereocenters. The Morgan fingerprint density at radius 3 is 2.53 bits per heavy atom. The van der Waals surface area contributed by atoms with E-state index in [9.17, 15) is 18.3 Å². The van der Waals surface area contributed by atoms with Crippen LogP contribution in [0.1, 0.15) is 49.3 Å². The molecule has 5 rings (SSSR count). The van der Waals surface area contributed by atoms with Gasteiger partial charge in [0.2, 0.25) is 0 Å². The summed E-state index contributed by atoms with van der Waals surface area (Å²) < 4.78 is 34.2. The number of hydrogen-bond donors (Lipinski definition) is 1. The van der Waals surface area contributed by atoms with E-state index >= 15 is 0 Å². The largest absolute Gasteiger partial charge is 0.511 e. The number of piperazine rings is 1. The summed E-state index contributed by atoms with van der Waals surface area (Å²) in [6.07, 6.45) is 3.64. The number of sulfonamides is 1. The predicted molar refractivity (Wildman–Crippen MR) is 146 cm³/mol. The van der Waals surface area contributed by atoms with Crippen molar-refractivity contribution in [2.75, 3.05) is 40.3 Å². The summed E-state index contributed by atoms with van der Waals surface area (Å²) in [5.74, 6) is 0.212. The first-order valence-electron chi connectivity index (χ1n) is 13.4. The number of likely N-dealkylation sites (N-methyl/N-ethyl adjacent to an activating group) is 1. The zero-order valence-corrected chi connectivity index (χ0v) is 23.6. The van der Waals surface area contributed by atoms with Crippen LogP contribution in [-0.2, 0) is 16.4 Å². The molecule has 0 spiro atoms. The second kappa shape index (κ2) is 10.8. The summed E-state index contributed by atoms with van der Waals surface area (Å²) in [6, 6.07) is 11.8. The zero-order chi connectivity index (χ0) is 27.1. The van der Waals surface area contributed by atoms with Crippen molar-refractivity contribution in [3.05, 3.63) is 58.6 Å². The van der Waals surface area contributed by atoms with Crippen LogP contribution in [0.2, 0.25) is 5.02 Å². The van der Waals surface area contributed by atoms with E-state index < -0.39 is 16.2 Å². The van der Waals surface area contributed by atoms with Crippen LogP contribution in [0.5, 0.6) is 5.75 Å². The van der Waals surface area contributed by atoms with E-state index in [0.717, 1.165) is 69.4 Å². The average Bonchev–Trinajstić information content (AvgIpc) is 3.32. The average molecular weight is 563 g/mol. The SMILES string of the molecule is CN1CCN([C@@H]2CCC[C@H]([N+](C)([C@@H]3CCc4ccc(OC(=O)O)cc43)S(=O)(=O)c3ccccc3Cl)C2)CC1. The normalized spacial score (nSPS) is 26.4. The van der Waals surface area contributed by atoms with Crippen LogP contribution >= 0.6 is 11.6 Å². The van der Waals surface area contributed by atoms with Gasteiger partial charge >= 0.3 is 16.2 Å². The fourth-order valence-corrected chi connectivity index (χ4v) is 9.42. The van der Waals surface area contributed by atoms with Gasteiger partial charge in [-0.15, -0.1) is 0 Å². The highest BCUT2D eigenvalue weighted by Gasteiger charge is 2.55. The molecule has 3 aliphatic rings. The summed E-state index contributed by atoms with van der Waals surface area (Å²) in [5.41, 5.74) is 1.89. The minimum Gasteiger partial charge on any atom is -0.449 e. The summed E-state index contributed by atoms with van der Waals surface area (Å²) in [6.45, 7) is 4.04. The summed E-state index contributed by atoms with van der Waals surface area (Å²) in [4.78, 5) is 16.3. The quantitative estimate of drug-likeness (QED) is 0.308. The van der Waals surface area contributed by atoms with Gasteiger partial charge in [0.15, 0.2) is 0 Å². The first kappa shape index (κ1) is 27.4. The minimum atomic E-state index is -3.93. The fraction of sp³-hybridized carbons (Fsp3) is 0.536. The third-order valence-corrected chi connectivity index (χ3v) is 12.0. The lowest BCUT2D eigenvalue weighted by atomic mass is 9.87. The van der Waals surface area contributed by atoms with Gasteiger partial charge in [-0.05, 0) is 56.1 Å². The second-order valence-electron chi connectivity index (χ2n) is 11.1. The monoisotopic (exact) mass is 562 g/mol. The molecular weight excluding hydrogens is 526 g/mol. The maximum absolute atomic E-state index is 14.7. The highest BCUT2D eigenvalue weighted by atomic mass is 35.5. The van der Waals surface area contributed by atoms with E-state index in [1.54, 1.807) is 36.4 Å². The highest BCUT2D eigenvalue weighted by molar-refractivity contribution is 7.86. The molecule has 2 fully saturated rings. The minimum absolute atomic E-state index is 0.130. The molecule has 1 saturated heterocycles. The molecule has 2 aliphatic carbocycles. The maximum atomic E-state index is 14.7. The maximum Gasteiger partial charge on any atom is 0.511 e. The van der Waals surface area contributed by atoms with Crippen LogP contribution < -0.4 is 4.74 Å². The Morgan fingerprint density at radius 2 is 1.82 bits per heavy atom. The van der Waals surface area contributed by atoms with Gasteiger partial charge in [-0.25, -0.2) is 8.68 Å². The molecule has 2 aromatic carbocycles. The fourth-order valence-electron chi connectivity index (χ4n) is 6.86. The van der Waals surface area contributed by atoms with Gasteiger partial charge in [0, 0.05) is 57.0 Å². The van der Waals surface area contributed by atoms with Gasteiger partial charge in [-0.2, -0.15) is 8.42 Å². The molecule has 1 N–H and O–H groups in total. The van der Waals surface area contributed by atoms with Crippen molar-refractivity contribution in [3.63, 3.8) is 0 Å². The molecule has 0 amide bonds.